The fraction of sp³-hybridized carbons (Fsp3) is 0.357. The van der Waals surface area contributed by atoms with Crippen molar-refractivity contribution >= 4 is 23.3 Å². The largest absolute Gasteiger partial charge is 0.495 e. The van der Waals surface area contributed by atoms with Crippen molar-refractivity contribution in [1.29, 1.82) is 5.26 Å². The van der Waals surface area contributed by atoms with Gasteiger partial charge in [-0.25, -0.2) is 0 Å². The lowest BCUT2D eigenvalue weighted by atomic mass is 9.97. The van der Waals surface area contributed by atoms with E-state index in [1.54, 1.807) is 13.0 Å². The number of nitro groups is 1. The third-order valence-electron chi connectivity index (χ3n) is 2.82. The Morgan fingerprint density at radius 2 is 2.13 bits per heavy atom. The van der Waals surface area contributed by atoms with Gasteiger partial charge in [0.25, 0.3) is 5.69 Å². The summed E-state index contributed by atoms with van der Waals surface area (Å²) in [6, 6.07) is 3.90. The van der Waals surface area contributed by atoms with Gasteiger partial charge in [-0.05, 0) is 13.0 Å². The molecule has 0 aliphatic heterocycles. The summed E-state index contributed by atoms with van der Waals surface area (Å²) in [5.41, 5.74) is -0.591. The zero-order valence-corrected chi connectivity index (χ0v) is 12.8. The van der Waals surface area contributed by atoms with Gasteiger partial charge in [0.15, 0.2) is 5.92 Å². The summed E-state index contributed by atoms with van der Waals surface area (Å²) in [7, 11) is 1.29. The standard InChI is InChI=1S/C14H15N3O6/c1-4-23-14(19)10(7-15)9-5-13(22-3)11(16-8(2)18)6-12(9)17(20)21/h5-6,10H,4H2,1-3H3,(H,16,18). The van der Waals surface area contributed by atoms with Crippen molar-refractivity contribution < 1.29 is 24.0 Å². The molecule has 122 valence electrons. The topological polar surface area (TPSA) is 132 Å². The fourth-order valence-corrected chi connectivity index (χ4v) is 1.90. The lowest BCUT2D eigenvalue weighted by molar-refractivity contribution is -0.385. The zero-order valence-electron chi connectivity index (χ0n) is 12.8. The Labute approximate surface area is 131 Å². The number of ether oxygens (including phenoxy) is 2. The van der Waals surface area contributed by atoms with E-state index in [1.165, 1.54) is 20.1 Å². The molecule has 0 aromatic heterocycles. The van der Waals surface area contributed by atoms with Crippen LogP contribution in [0.25, 0.3) is 0 Å². The molecular weight excluding hydrogens is 306 g/mol. The second-order valence-corrected chi connectivity index (χ2v) is 4.36. The Bertz CT molecular complexity index is 680. The quantitative estimate of drug-likeness (QED) is 0.479. The molecule has 0 saturated heterocycles. The van der Waals surface area contributed by atoms with Crippen molar-refractivity contribution in [3.63, 3.8) is 0 Å². The van der Waals surface area contributed by atoms with Crippen LogP contribution in [0.3, 0.4) is 0 Å². The smallest absolute Gasteiger partial charge is 0.328 e. The first kappa shape index (κ1) is 17.9. The summed E-state index contributed by atoms with van der Waals surface area (Å²) in [6.45, 7) is 2.82. The summed E-state index contributed by atoms with van der Waals surface area (Å²) in [4.78, 5) is 33.5. The Morgan fingerprint density at radius 3 is 2.57 bits per heavy atom. The first-order chi connectivity index (χ1) is 10.8. The van der Waals surface area contributed by atoms with E-state index in [4.69, 9.17) is 9.47 Å². The van der Waals surface area contributed by atoms with Gasteiger partial charge >= 0.3 is 5.97 Å². The predicted molar refractivity (Wildman–Crippen MR) is 78.9 cm³/mol. The van der Waals surface area contributed by atoms with Crippen molar-refractivity contribution in [3.8, 4) is 11.8 Å². The number of nitriles is 1. The third kappa shape index (κ3) is 4.16. The molecule has 0 fully saturated rings. The Morgan fingerprint density at radius 1 is 1.48 bits per heavy atom. The average molecular weight is 321 g/mol. The van der Waals surface area contributed by atoms with Crippen LogP contribution in [0.5, 0.6) is 5.75 Å². The molecule has 9 nitrogen and oxygen atoms in total. The molecule has 1 N–H and O–H groups in total. The van der Waals surface area contributed by atoms with Crippen LogP contribution >= 0.6 is 0 Å². The van der Waals surface area contributed by atoms with Gasteiger partial charge in [0, 0.05) is 13.0 Å². The number of carbonyl (C=O) groups excluding carboxylic acids is 2. The Kier molecular flexibility index (Phi) is 6.03. The third-order valence-corrected chi connectivity index (χ3v) is 2.82. The molecule has 1 aromatic rings. The number of carbonyl (C=O) groups is 2. The molecule has 0 bridgehead atoms. The maximum absolute atomic E-state index is 11.8. The Balaban J connectivity index is 3.51. The van der Waals surface area contributed by atoms with Gasteiger partial charge in [-0.2, -0.15) is 5.26 Å². The number of anilines is 1. The zero-order chi connectivity index (χ0) is 17.6. The highest BCUT2D eigenvalue weighted by Gasteiger charge is 2.31. The second-order valence-electron chi connectivity index (χ2n) is 4.36. The van der Waals surface area contributed by atoms with Crippen molar-refractivity contribution in [1.82, 2.24) is 0 Å². The number of nitrogens with one attached hydrogen (secondary N) is 1. The molecule has 0 saturated carbocycles. The summed E-state index contributed by atoms with van der Waals surface area (Å²) in [5.74, 6) is -2.74. The van der Waals surface area contributed by atoms with Gasteiger partial charge in [-0.1, -0.05) is 0 Å². The maximum Gasteiger partial charge on any atom is 0.328 e. The van der Waals surface area contributed by atoms with Crippen molar-refractivity contribution in [2.24, 2.45) is 0 Å². The molecule has 1 atom stereocenters. The molecule has 0 radical (unpaired) electrons. The number of esters is 1. The van der Waals surface area contributed by atoms with E-state index in [2.05, 4.69) is 5.32 Å². The summed E-state index contributed by atoms with van der Waals surface area (Å²) in [5, 5.41) is 22.8. The van der Waals surface area contributed by atoms with Crippen LogP contribution in [0.4, 0.5) is 11.4 Å². The second kappa shape index (κ2) is 7.74. The van der Waals surface area contributed by atoms with E-state index in [-0.39, 0.29) is 23.6 Å². The van der Waals surface area contributed by atoms with E-state index in [0.717, 1.165) is 6.07 Å². The number of nitrogens with zero attached hydrogens (tertiary/aromatic N) is 2. The minimum atomic E-state index is -1.48. The highest BCUT2D eigenvalue weighted by atomic mass is 16.6. The minimum absolute atomic E-state index is 0.0337. The molecule has 1 aromatic carbocycles. The Hall–Kier alpha value is -3.15. The predicted octanol–water partition coefficient (Wildman–Crippen LogP) is 1.73. The number of hydrogen-bond acceptors (Lipinski definition) is 7. The molecule has 1 unspecified atom stereocenters. The van der Waals surface area contributed by atoms with Crippen molar-refractivity contribution in [2.45, 2.75) is 19.8 Å². The molecule has 0 heterocycles. The van der Waals surface area contributed by atoms with Gasteiger partial charge in [-0.15, -0.1) is 0 Å². The average Bonchev–Trinajstić information content (AvgIpc) is 2.48. The van der Waals surface area contributed by atoms with Crippen molar-refractivity contribution in [2.75, 3.05) is 19.0 Å². The number of benzene rings is 1. The lowest BCUT2D eigenvalue weighted by Gasteiger charge is -2.14. The van der Waals surface area contributed by atoms with Crippen LogP contribution < -0.4 is 10.1 Å². The molecule has 0 aliphatic rings. The van der Waals surface area contributed by atoms with Crippen LogP contribution in [-0.4, -0.2) is 30.5 Å². The number of amides is 1. The van der Waals surface area contributed by atoms with Crippen LogP contribution in [0, 0.1) is 21.4 Å². The van der Waals surface area contributed by atoms with Crippen LogP contribution in [0.1, 0.15) is 25.3 Å². The number of rotatable bonds is 6. The number of hydrogen-bond donors (Lipinski definition) is 1. The van der Waals surface area contributed by atoms with E-state index < -0.39 is 28.4 Å². The van der Waals surface area contributed by atoms with Crippen LogP contribution in [0.2, 0.25) is 0 Å². The van der Waals surface area contributed by atoms with Gasteiger partial charge in [0.05, 0.1) is 36.0 Å². The molecule has 1 amide bonds. The van der Waals surface area contributed by atoms with Crippen molar-refractivity contribution in [3.05, 3.63) is 27.8 Å². The molecule has 1 rings (SSSR count). The van der Waals surface area contributed by atoms with E-state index >= 15 is 0 Å². The van der Waals surface area contributed by atoms with Gasteiger partial charge < -0.3 is 14.8 Å². The molecule has 0 spiro atoms. The minimum Gasteiger partial charge on any atom is -0.495 e. The first-order valence-corrected chi connectivity index (χ1v) is 6.55. The highest BCUT2D eigenvalue weighted by Crippen LogP contribution is 2.37. The van der Waals surface area contributed by atoms with E-state index in [1.807, 2.05) is 0 Å². The highest BCUT2D eigenvalue weighted by molar-refractivity contribution is 5.92. The maximum atomic E-state index is 11.8. The van der Waals surface area contributed by atoms with Crippen LogP contribution in [-0.2, 0) is 14.3 Å². The summed E-state index contributed by atoms with van der Waals surface area (Å²) >= 11 is 0. The van der Waals surface area contributed by atoms with Gasteiger partial charge in [0.1, 0.15) is 5.75 Å². The summed E-state index contributed by atoms with van der Waals surface area (Å²) in [6.07, 6.45) is 0. The van der Waals surface area contributed by atoms with Gasteiger partial charge in [0.2, 0.25) is 5.91 Å². The molecule has 0 aliphatic carbocycles. The molecule has 23 heavy (non-hydrogen) atoms. The molecular formula is C14H15N3O6. The van der Waals surface area contributed by atoms with Gasteiger partial charge in [-0.3, -0.25) is 19.7 Å². The number of nitro benzene ring substituents is 1. The lowest BCUT2D eigenvalue weighted by Crippen LogP contribution is -2.16. The SMILES string of the molecule is CCOC(=O)C(C#N)c1cc(OC)c(NC(C)=O)cc1[N+](=O)[O-]. The fourth-order valence-electron chi connectivity index (χ4n) is 1.90. The first-order valence-electron chi connectivity index (χ1n) is 6.55. The normalized spacial score (nSPS) is 11.0. The monoisotopic (exact) mass is 321 g/mol. The summed E-state index contributed by atoms with van der Waals surface area (Å²) < 4.78 is 9.81. The van der Waals surface area contributed by atoms with E-state index in [0.29, 0.717) is 0 Å². The van der Waals surface area contributed by atoms with E-state index in [9.17, 15) is 25.0 Å². The molecule has 9 heteroatoms. The number of methoxy groups -OCH3 is 1. The van der Waals surface area contributed by atoms with Crippen LogP contribution in [0.15, 0.2) is 12.1 Å².